The van der Waals surface area contributed by atoms with Crippen molar-refractivity contribution in [2.75, 3.05) is 0 Å². The van der Waals surface area contributed by atoms with Gasteiger partial charge in [-0.2, -0.15) is 0 Å². The maximum atomic E-state index is 10.5. The van der Waals surface area contributed by atoms with Gasteiger partial charge in [-0.1, -0.05) is 18.2 Å². The molecule has 88 valence electrons. The highest BCUT2D eigenvalue weighted by Gasteiger charge is 2.03. The number of H-pyrrole nitrogens is 1. The highest BCUT2D eigenvalue weighted by molar-refractivity contribution is 7.98. The molecular weight excluding hydrogens is 234 g/mol. The maximum absolute atomic E-state index is 10.5. The second kappa shape index (κ2) is 5.70. The molecule has 1 aromatic carbocycles. The third-order valence-electron chi connectivity index (χ3n) is 2.42. The summed E-state index contributed by atoms with van der Waals surface area (Å²) in [5.74, 6) is 0.755. The predicted octanol–water partition coefficient (Wildman–Crippen LogP) is 2.61. The van der Waals surface area contributed by atoms with Crippen molar-refractivity contribution < 1.29 is 9.90 Å². The Kier molecular flexibility index (Phi) is 4.01. The van der Waals surface area contributed by atoms with E-state index >= 15 is 0 Å². The molecule has 0 aliphatic rings. The Bertz CT molecular complexity index is 508. The van der Waals surface area contributed by atoms with Crippen molar-refractivity contribution in [1.29, 1.82) is 0 Å². The molecule has 2 aromatic rings. The Morgan fingerprint density at radius 3 is 2.76 bits per heavy atom. The number of rotatable bonds is 5. The molecular formula is C13H13NO2S. The van der Waals surface area contributed by atoms with Crippen LogP contribution in [0.5, 0.6) is 0 Å². The zero-order valence-electron chi connectivity index (χ0n) is 9.22. The number of hydrogen-bond acceptors (Lipinski definition) is 3. The normalized spacial score (nSPS) is 10.4. The molecule has 0 spiro atoms. The van der Waals surface area contributed by atoms with E-state index in [0.717, 1.165) is 28.2 Å². The number of aliphatic hydroxyl groups excluding tert-OH is 1. The van der Waals surface area contributed by atoms with Gasteiger partial charge in [-0.15, -0.1) is 11.8 Å². The molecule has 0 radical (unpaired) electrons. The first-order valence-electron chi connectivity index (χ1n) is 5.28. The summed E-state index contributed by atoms with van der Waals surface area (Å²) in [5, 5.41) is 9.19. The van der Waals surface area contributed by atoms with Gasteiger partial charge in [0, 0.05) is 16.3 Å². The van der Waals surface area contributed by atoms with Crippen LogP contribution in [0.4, 0.5) is 0 Å². The highest BCUT2D eigenvalue weighted by atomic mass is 32.2. The van der Waals surface area contributed by atoms with Gasteiger partial charge in [0.2, 0.25) is 0 Å². The van der Waals surface area contributed by atoms with E-state index < -0.39 is 0 Å². The summed E-state index contributed by atoms with van der Waals surface area (Å²) in [7, 11) is 0. The molecule has 0 bridgehead atoms. The van der Waals surface area contributed by atoms with Gasteiger partial charge in [-0.25, -0.2) is 0 Å². The zero-order valence-corrected chi connectivity index (χ0v) is 10.0. The molecule has 1 heterocycles. The molecule has 0 atom stereocenters. The molecule has 0 saturated heterocycles. The number of aromatic nitrogens is 1. The standard InChI is InChI=1S/C13H13NO2S/c15-7-10-3-1-2-4-13(10)17-9-12-6-5-11(8-16)14-12/h1-6,8,14-15H,7,9H2. The van der Waals surface area contributed by atoms with Gasteiger partial charge in [-0.3, -0.25) is 4.79 Å². The van der Waals surface area contributed by atoms with Crippen LogP contribution in [0.2, 0.25) is 0 Å². The van der Waals surface area contributed by atoms with Crippen molar-refractivity contribution in [2.24, 2.45) is 0 Å². The fourth-order valence-corrected chi connectivity index (χ4v) is 2.51. The number of nitrogens with one attached hydrogen (secondary N) is 1. The summed E-state index contributed by atoms with van der Waals surface area (Å²) in [5.41, 5.74) is 2.53. The minimum atomic E-state index is 0.0491. The molecule has 0 unspecified atom stereocenters. The molecule has 0 fully saturated rings. The van der Waals surface area contributed by atoms with Gasteiger partial charge < -0.3 is 10.1 Å². The SMILES string of the molecule is O=Cc1ccc(CSc2ccccc2CO)[nH]1. The van der Waals surface area contributed by atoms with E-state index in [1.807, 2.05) is 30.3 Å². The van der Waals surface area contributed by atoms with Gasteiger partial charge in [-0.05, 0) is 23.8 Å². The van der Waals surface area contributed by atoms with Crippen LogP contribution in [0.25, 0.3) is 0 Å². The second-order valence-corrected chi connectivity index (χ2v) is 4.63. The first kappa shape index (κ1) is 12.0. The Balaban J connectivity index is 2.04. The van der Waals surface area contributed by atoms with Crippen molar-refractivity contribution in [3.63, 3.8) is 0 Å². The smallest absolute Gasteiger partial charge is 0.166 e. The minimum absolute atomic E-state index is 0.0491. The number of aromatic amines is 1. The van der Waals surface area contributed by atoms with Crippen LogP contribution in [-0.2, 0) is 12.4 Å². The molecule has 0 aliphatic heterocycles. The number of benzene rings is 1. The fourth-order valence-electron chi connectivity index (χ4n) is 1.54. The van der Waals surface area contributed by atoms with E-state index in [2.05, 4.69) is 4.98 Å². The number of hydrogen-bond donors (Lipinski definition) is 2. The van der Waals surface area contributed by atoms with Gasteiger partial charge >= 0.3 is 0 Å². The second-order valence-electron chi connectivity index (χ2n) is 3.61. The summed E-state index contributed by atoms with van der Waals surface area (Å²) in [6.45, 7) is 0.0491. The minimum Gasteiger partial charge on any atom is -0.392 e. The molecule has 1 aromatic heterocycles. The van der Waals surface area contributed by atoms with E-state index in [0.29, 0.717) is 5.69 Å². The van der Waals surface area contributed by atoms with E-state index in [4.69, 9.17) is 0 Å². The van der Waals surface area contributed by atoms with Crippen LogP contribution in [0, 0.1) is 0 Å². The zero-order chi connectivity index (χ0) is 12.1. The van der Waals surface area contributed by atoms with Crippen molar-refractivity contribution in [3.05, 3.63) is 53.3 Å². The van der Waals surface area contributed by atoms with Crippen molar-refractivity contribution in [2.45, 2.75) is 17.3 Å². The first-order valence-corrected chi connectivity index (χ1v) is 6.26. The lowest BCUT2D eigenvalue weighted by molar-refractivity contribution is 0.111. The summed E-state index contributed by atoms with van der Waals surface area (Å²) in [6, 6.07) is 11.4. The van der Waals surface area contributed by atoms with Crippen LogP contribution in [0.15, 0.2) is 41.3 Å². The lowest BCUT2D eigenvalue weighted by atomic mass is 10.2. The van der Waals surface area contributed by atoms with Gasteiger partial charge in [0.05, 0.1) is 12.3 Å². The lowest BCUT2D eigenvalue weighted by Gasteiger charge is -2.05. The molecule has 2 N–H and O–H groups in total. The largest absolute Gasteiger partial charge is 0.392 e. The molecule has 0 saturated carbocycles. The number of carbonyl (C=O) groups is 1. The fraction of sp³-hybridized carbons (Fsp3) is 0.154. The average molecular weight is 247 g/mol. The summed E-state index contributed by atoms with van der Waals surface area (Å²) in [4.78, 5) is 14.6. The van der Waals surface area contributed by atoms with E-state index in [1.165, 1.54) is 0 Å². The summed E-state index contributed by atoms with van der Waals surface area (Å²) in [6.07, 6.45) is 0.801. The third kappa shape index (κ3) is 2.99. The number of aldehydes is 1. The summed E-state index contributed by atoms with van der Waals surface area (Å²) >= 11 is 1.64. The van der Waals surface area contributed by atoms with Gasteiger partial charge in [0.1, 0.15) is 0 Å². The molecule has 0 amide bonds. The molecule has 17 heavy (non-hydrogen) atoms. The van der Waals surface area contributed by atoms with Crippen LogP contribution < -0.4 is 0 Å². The number of thioether (sulfide) groups is 1. The molecule has 0 aliphatic carbocycles. The van der Waals surface area contributed by atoms with Crippen molar-refractivity contribution in [1.82, 2.24) is 4.98 Å². The number of carbonyl (C=O) groups excluding carboxylic acids is 1. The Morgan fingerprint density at radius 2 is 2.06 bits per heavy atom. The Labute approximate surface area is 104 Å². The Hall–Kier alpha value is -1.52. The van der Waals surface area contributed by atoms with Crippen LogP contribution >= 0.6 is 11.8 Å². The molecule has 4 heteroatoms. The third-order valence-corrected chi connectivity index (χ3v) is 3.59. The maximum Gasteiger partial charge on any atom is 0.166 e. The Morgan fingerprint density at radius 1 is 1.24 bits per heavy atom. The van der Waals surface area contributed by atoms with Crippen LogP contribution in [-0.4, -0.2) is 16.4 Å². The molecule has 2 rings (SSSR count). The number of aliphatic hydroxyl groups is 1. The van der Waals surface area contributed by atoms with E-state index in [9.17, 15) is 9.90 Å². The average Bonchev–Trinajstić information content (AvgIpc) is 2.84. The monoisotopic (exact) mass is 247 g/mol. The quantitative estimate of drug-likeness (QED) is 0.631. The van der Waals surface area contributed by atoms with Gasteiger partial charge in [0.15, 0.2) is 6.29 Å². The summed E-state index contributed by atoms with van der Waals surface area (Å²) < 4.78 is 0. The molecule has 3 nitrogen and oxygen atoms in total. The van der Waals surface area contributed by atoms with Crippen molar-refractivity contribution >= 4 is 18.0 Å². The van der Waals surface area contributed by atoms with Crippen LogP contribution in [0.3, 0.4) is 0 Å². The topological polar surface area (TPSA) is 53.1 Å². The predicted molar refractivity (Wildman–Crippen MR) is 68.1 cm³/mol. The lowest BCUT2D eigenvalue weighted by Crippen LogP contribution is -1.88. The van der Waals surface area contributed by atoms with E-state index in [-0.39, 0.29) is 6.61 Å². The highest BCUT2D eigenvalue weighted by Crippen LogP contribution is 2.25. The van der Waals surface area contributed by atoms with Crippen LogP contribution in [0.1, 0.15) is 21.7 Å². The van der Waals surface area contributed by atoms with Crippen molar-refractivity contribution in [3.8, 4) is 0 Å². The van der Waals surface area contributed by atoms with Gasteiger partial charge in [0.25, 0.3) is 0 Å². The van der Waals surface area contributed by atoms with E-state index in [1.54, 1.807) is 17.8 Å². The first-order chi connectivity index (χ1) is 8.33.